The largest absolute Gasteiger partial charge is 0.478 e. The molecule has 1 fully saturated rings. The Labute approximate surface area is 152 Å². The molecule has 0 aromatic rings. The summed E-state index contributed by atoms with van der Waals surface area (Å²) < 4.78 is 0. The zero-order valence-corrected chi connectivity index (χ0v) is 16.0. The Morgan fingerprint density at radius 1 is 1.16 bits per heavy atom. The van der Waals surface area contributed by atoms with Gasteiger partial charge in [0.15, 0.2) is 0 Å². The highest BCUT2D eigenvalue weighted by Gasteiger charge is 2.49. The normalized spacial score (nSPS) is 26.6. The van der Waals surface area contributed by atoms with E-state index in [0.29, 0.717) is 6.42 Å². The first kappa shape index (κ1) is 21.9. The van der Waals surface area contributed by atoms with Crippen LogP contribution in [0.15, 0.2) is 12.2 Å². The molecule has 0 radical (unpaired) electrons. The zero-order chi connectivity index (χ0) is 18.7. The fraction of sp³-hybridized carbons (Fsp3) is 0.810. The van der Waals surface area contributed by atoms with Crippen molar-refractivity contribution in [2.75, 3.05) is 0 Å². The maximum Gasteiger partial charge on any atom is 0.327 e. The van der Waals surface area contributed by atoms with Gasteiger partial charge in [-0.3, -0.25) is 4.79 Å². The molecule has 0 spiro atoms. The molecule has 25 heavy (non-hydrogen) atoms. The van der Waals surface area contributed by atoms with Crippen LogP contribution in [0.3, 0.4) is 0 Å². The van der Waals surface area contributed by atoms with Gasteiger partial charge in [0.1, 0.15) is 5.78 Å². The third kappa shape index (κ3) is 7.31. The van der Waals surface area contributed by atoms with Gasteiger partial charge in [-0.05, 0) is 31.6 Å². The second-order valence-corrected chi connectivity index (χ2v) is 7.76. The van der Waals surface area contributed by atoms with Crippen LogP contribution in [0.1, 0.15) is 90.9 Å². The Bertz CT molecular complexity index is 443. The molecular formula is C21H36O4. The lowest BCUT2D eigenvalue weighted by Crippen LogP contribution is -2.32. The standard InChI is InChI=1S/C21H36O4/c1-3-4-5-6-7-10-13-17-18(22)16-19(23)21(17,2)15-12-9-8-11-14-20(24)25/h11,14,17-18,22H,3-10,12-13,15-16H2,1-2H3,(H,24,25)/t17-,18?,21+/m0/s1. The smallest absolute Gasteiger partial charge is 0.327 e. The van der Waals surface area contributed by atoms with Crippen LogP contribution >= 0.6 is 0 Å². The number of unbranched alkanes of at least 4 members (excludes halogenated alkanes) is 7. The van der Waals surface area contributed by atoms with Gasteiger partial charge in [-0.15, -0.1) is 0 Å². The van der Waals surface area contributed by atoms with Crippen molar-refractivity contribution < 1.29 is 19.8 Å². The van der Waals surface area contributed by atoms with E-state index in [9.17, 15) is 14.7 Å². The van der Waals surface area contributed by atoms with Crippen molar-refractivity contribution >= 4 is 11.8 Å². The average molecular weight is 353 g/mol. The second kappa shape index (κ2) is 11.5. The van der Waals surface area contributed by atoms with E-state index in [0.717, 1.165) is 38.5 Å². The van der Waals surface area contributed by atoms with E-state index in [1.807, 2.05) is 6.92 Å². The van der Waals surface area contributed by atoms with Crippen LogP contribution in [0, 0.1) is 11.3 Å². The Kier molecular flexibility index (Phi) is 10.0. The average Bonchev–Trinajstić information content (AvgIpc) is 2.76. The summed E-state index contributed by atoms with van der Waals surface area (Å²) in [6.07, 6.45) is 14.2. The summed E-state index contributed by atoms with van der Waals surface area (Å²) in [5.41, 5.74) is -0.403. The van der Waals surface area contributed by atoms with Gasteiger partial charge in [-0.2, -0.15) is 0 Å². The van der Waals surface area contributed by atoms with Gasteiger partial charge in [0.2, 0.25) is 0 Å². The summed E-state index contributed by atoms with van der Waals surface area (Å²) in [5.74, 6) is -0.627. The van der Waals surface area contributed by atoms with E-state index in [1.165, 1.54) is 38.2 Å². The van der Waals surface area contributed by atoms with E-state index in [1.54, 1.807) is 6.08 Å². The van der Waals surface area contributed by atoms with Crippen LogP contribution in [0.2, 0.25) is 0 Å². The number of hydrogen-bond acceptors (Lipinski definition) is 3. The van der Waals surface area contributed by atoms with E-state index >= 15 is 0 Å². The quantitative estimate of drug-likeness (QED) is 0.365. The first-order valence-corrected chi connectivity index (χ1v) is 10.0. The topological polar surface area (TPSA) is 74.6 Å². The molecule has 144 valence electrons. The number of carboxylic acid groups (broad SMARTS) is 1. The predicted molar refractivity (Wildman–Crippen MR) is 100 cm³/mol. The molecule has 3 atom stereocenters. The number of aliphatic carboxylic acids is 1. The fourth-order valence-electron chi connectivity index (χ4n) is 4.12. The summed E-state index contributed by atoms with van der Waals surface area (Å²) >= 11 is 0. The molecule has 1 saturated carbocycles. The minimum absolute atomic E-state index is 0.0840. The molecular weight excluding hydrogens is 316 g/mol. The van der Waals surface area contributed by atoms with Crippen molar-refractivity contribution in [1.29, 1.82) is 0 Å². The number of aliphatic hydroxyl groups is 1. The lowest BCUT2D eigenvalue weighted by molar-refractivity contribution is -0.131. The number of carbonyl (C=O) groups is 2. The first-order valence-electron chi connectivity index (χ1n) is 10.0. The SMILES string of the molecule is CCCCCCCC[C@H]1C(O)CC(=O)[C@]1(C)CCCCC=CC(=O)O. The van der Waals surface area contributed by atoms with Gasteiger partial charge in [0, 0.05) is 17.9 Å². The molecule has 0 saturated heterocycles. The minimum atomic E-state index is -0.917. The molecule has 1 unspecified atom stereocenters. The molecule has 1 rings (SSSR count). The highest BCUT2D eigenvalue weighted by Crippen LogP contribution is 2.46. The molecule has 2 N–H and O–H groups in total. The maximum atomic E-state index is 12.4. The van der Waals surface area contributed by atoms with E-state index in [4.69, 9.17) is 5.11 Å². The maximum absolute atomic E-state index is 12.4. The molecule has 0 aromatic heterocycles. The third-order valence-electron chi connectivity index (χ3n) is 5.76. The number of hydrogen-bond donors (Lipinski definition) is 2. The van der Waals surface area contributed by atoms with Crippen LogP contribution in [-0.2, 0) is 9.59 Å². The van der Waals surface area contributed by atoms with Gasteiger partial charge in [0.05, 0.1) is 6.10 Å². The van der Waals surface area contributed by atoms with Crippen molar-refractivity contribution in [3.63, 3.8) is 0 Å². The molecule has 4 nitrogen and oxygen atoms in total. The summed E-state index contributed by atoms with van der Waals surface area (Å²) in [4.78, 5) is 22.9. The van der Waals surface area contributed by atoms with Crippen molar-refractivity contribution in [1.82, 2.24) is 0 Å². The summed E-state index contributed by atoms with van der Waals surface area (Å²) in [7, 11) is 0. The number of rotatable bonds is 13. The van der Waals surface area contributed by atoms with Crippen LogP contribution < -0.4 is 0 Å². The number of ketones is 1. The van der Waals surface area contributed by atoms with Crippen molar-refractivity contribution in [2.24, 2.45) is 11.3 Å². The molecule has 0 amide bonds. The highest BCUT2D eigenvalue weighted by atomic mass is 16.4. The number of Topliss-reactive ketones (excluding diaryl/α,β-unsaturated/α-hetero) is 1. The number of aliphatic hydroxyl groups excluding tert-OH is 1. The van der Waals surface area contributed by atoms with Gasteiger partial charge in [-0.25, -0.2) is 4.79 Å². The van der Waals surface area contributed by atoms with E-state index in [-0.39, 0.29) is 11.7 Å². The summed E-state index contributed by atoms with van der Waals surface area (Å²) in [5, 5.41) is 18.9. The van der Waals surface area contributed by atoms with E-state index in [2.05, 4.69) is 6.92 Å². The van der Waals surface area contributed by atoms with Gasteiger partial charge < -0.3 is 10.2 Å². The highest BCUT2D eigenvalue weighted by molar-refractivity contribution is 5.87. The lowest BCUT2D eigenvalue weighted by atomic mass is 9.72. The summed E-state index contributed by atoms with van der Waals surface area (Å²) in [6.45, 7) is 4.24. The van der Waals surface area contributed by atoms with Gasteiger partial charge in [0.25, 0.3) is 0 Å². The Balaban J connectivity index is 2.40. The minimum Gasteiger partial charge on any atom is -0.478 e. The Morgan fingerprint density at radius 3 is 2.52 bits per heavy atom. The summed E-state index contributed by atoms with van der Waals surface area (Å²) in [6, 6.07) is 0. The van der Waals surface area contributed by atoms with Crippen molar-refractivity contribution in [2.45, 2.75) is 97.0 Å². The van der Waals surface area contributed by atoms with Crippen LogP contribution in [0.5, 0.6) is 0 Å². The second-order valence-electron chi connectivity index (χ2n) is 7.76. The molecule has 0 bridgehead atoms. The predicted octanol–water partition coefficient (Wildman–Crippen LogP) is 4.89. The lowest BCUT2D eigenvalue weighted by Gasteiger charge is -2.31. The molecule has 0 aromatic carbocycles. The molecule has 0 heterocycles. The van der Waals surface area contributed by atoms with E-state index < -0.39 is 17.5 Å². The Hall–Kier alpha value is -1.16. The van der Waals surface area contributed by atoms with Crippen molar-refractivity contribution in [3.05, 3.63) is 12.2 Å². The van der Waals surface area contributed by atoms with Gasteiger partial charge >= 0.3 is 5.97 Å². The Morgan fingerprint density at radius 2 is 1.84 bits per heavy atom. The third-order valence-corrected chi connectivity index (χ3v) is 5.76. The van der Waals surface area contributed by atoms with Crippen LogP contribution in [0.25, 0.3) is 0 Å². The number of carbonyl (C=O) groups excluding carboxylic acids is 1. The number of carboxylic acids is 1. The van der Waals surface area contributed by atoms with Gasteiger partial charge in [-0.1, -0.05) is 64.9 Å². The first-order chi connectivity index (χ1) is 11.9. The molecule has 1 aliphatic rings. The monoisotopic (exact) mass is 352 g/mol. The van der Waals surface area contributed by atoms with Crippen LogP contribution in [0.4, 0.5) is 0 Å². The van der Waals surface area contributed by atoms with Crippen LogP contribution in [-0.4, -0.2) is 28.1 Å². The molecule has 0 aliphatic heterocycles. The zero-order valence-electron chi connectivity index (χ0n) is 16.0. The molecule has 1 aliphatic carbocycles. The number of allylic oxidation sites excluding steroid dienone is 1. The molecule has 4 heteroatoms. The van der Waals surface area contributed by atoms with Crippen molar-refractivity contribution in [3.8, 4) is 0 Å². The fourth-order valence-corrected chi connectivity index (χ4v) is 4.12.